The number of thiophene rings is 1. The highest BCUT2D eigenvalue weighted by Crippen LogP contribution is 2.39. The third-order valence-corrected chi connectivity index (χ3v) is 4.03. The van der Waals surface area contributed by atoms with Gasteiger partial charge in [0.1, 0.15) is 0 Å². The highest BCUT2D eigenvalue weighted by molar-refractivity contribution is 7.20. The van der Waals surface area contributed by atoms with E-state index in [1.807, 2.05) is 19.1 Å². The molecule has 2 aromatic rings. The van der Waals surface area contributed by atoms with Crippen LogP contribution < -0.4 is 0 Å². The van der Waals surface area contributed by atoms with Crippen molar-refractivity contribution in [3.63, 3.8) is 0 Å². The first kappa shape index (κ1) is 11.3. The Labute approximate surface area is 103 Å². The lowest BCUT2D eigenvalue weighted by Gasteiger charge is -2.00. The molecule has 0 fully saturated rings. The quantitative estimate of drug-likeness (QED) is 0.756. The molecular formula is C12H10ClNOS. The molecule has 0 saturated carbocycles. The highest BCUT2D eigenvalue weighted by atomic mass is 35.5. The van der Waals surface area contributed by atoms with Crippen LogP contribution in [0.4, 0.5) is 0 Å². The van der Waals surface area contributed by atoms with Crippen molar-refractivity contribution in [3.05, 3.63) is 40.0 Å². The van der Waals surface area contributed by atoms with Crippen LogP contribution in [-0.2, 0) is 0 Å². The molecule has 2 nitrogen and oxygen atoms in total. The van der Waals surface area contributed by atoms with Crippen molar-refractivity contribution >= 4 is 28.7 Å². The van der Waals surface area contributed by atoms with E-state index in [2.05, 4.69) is 4.98 Å². The van der Waals surface area contributed by atoms with Crippen LogP contribution in [0, 0.1) is 6.92 Å². The van der Waals surface area contributed by atoms with Gasteiger partial charge in [-0.25, -0.2) is 0 Å². The number of pyridine rings is 1. The molecule has 4 heteroatoms. The van der Waals surface area contributed by atoms with Gasteiger partial charge in [0.15, 0.2) is 5.78 Å². The first-order valence-corrected chi connectivity index (χ1v) is 6.01. The standard InChI is InChI=1S/C12H10ClNOS/c1-7-10(8(2)15)11(16-12(7)13)9-3-5-14-6-4-9/h3-6H,1-2H3. The van der Waals surface area contributed by atoms with Gasteiger partial charge in [0.05, 0.1) is 4.34 Å². The second kappa shape index (κ2) is 4.36. The number of hydrogen-bond donors (Lipinski definition) is 0. The minimum Gasteiger partial charge on any atom is -0.294 e. The first-order valence-electron chi connectivity index (χ1n) is 4.81. The lowest BCUT2D eigenvalue weighted by atomic mass is 10.0. The van der Waals surface area contributed by atoms with E-state index in [-0.39, 0.29) is 5.78 Å². The summed E-state index contributed by atoms with van der Waals surface area (Å²) >= 11 is 7.52. The summed E-state index contributed by atoms with van der Waals surface area (Å²) in [6, 6.07) is 3.77. The molecule has 0 aliphatic rings. The Balaban J connectivity index is 2.66. The van der Waals surface area contributed by atoms with Gasteiger partial charge in [-0.2, -0.15) is 0 Å². The average molecular weight is 252 g/mol. The van der Waals surface area contributed by atoms with E-state index in [1.54, 1.807) is 19.3 Å². The largest absolute Gasteiger partial charge is 0.294 e. The van der Waals surface area contributed by atoms with Crippen molar-refractivity contribution in [2.45, 2.75) is 13.8 Å². The van der Waals surface area contributed by atoms with Crippen LogP contribution in [0.3, 0.4) is 0 Å². The van der Waals surface area contributed by atoms with E-state index in [0.29, 0.717) is 4.34 Å². The van der Waals surface area contributed by atoms with Gasteiger partial charge in [0, 0.05) is 22.8 Å². The Morgan fingerprint density at radius 1 is 1.38 bits per heavy atom. The van der Waals surface area contributed by atoms with Crippen molar-refractivity contribution in [2.24, 2.45) is 0 Å². The molecule has 2 aromatic heterocycles. The van der Waals surface area contributed by atoms with Crippen molar-refractivity contribution in [1.29, 1.82) is 0 Å². The topological polar surface area (TPSA) is 30.0 Å². The molecule has 0 bridgehead atoms. The van der Waals surface area contributed by atoms with Gasteiger partial charge in [-0.1, -0.05) is 11.6 Å². The second-order valence-corrected chi connectivity index (χ2v) is 5.12. The summed E-state index contributed by atoms with van der Waals surface area (Å²) in [4.78, 5) is 16.5. The molecule has 2 rings (SSSR count). The number of halogens is 1. The number of Topliss-reactive ketones (excluding diaryl/α,β-unsaturated/α-hetero) is 1. The van der Waals surface area contributed by atoms with Gasteiger partial charge in [-0.05, 0) is 37.1 Å². The minimum atomic E-state index is 0.0486. The zero-order valence-corrected chi connectivity index (χ0v) is 10.5. The molecule has 0 saturated heterocycles. The van der Waals surface area contributed by atoms with Crippen molar-refractivity contribution < 1.29 is 4.79 Å². The average Bonchev–Trinajstić information content (AvgIpc) is 2.57. The van der Waals surface area contributed by atoms with Crippen molar-refractivity contribution in [1.82, 2.24) is 4.98 Å². The summed E-state index contributed by atoms with van der Waals surface area (Å²) < 4.78 is 0.678. The summed E-state index contributed by atoms with van der Waals surface area (Å²) in [6.07, 6.45) is 3.42. The molecule has 0 N–H and O–H groups in total. The van der Waals surface area contributed by atoms with E-state index in [0.717, 1.165) is 21.6 Å². The molecular weight excluding hydrogens is 242 g/mol. The molecule has 0 aromatic carbocycles. The van der Waals surface area contributed by atoms with Crippen LogP contribution in [0.15, 0.2) is 24.5 Å². The Kier molecular flexibility index (Phi) is 3.08. The fourth-order valence-electron chi connectivity index (χ4n) is 1.62. The Bertz CT molecular complexity index is 533. The molecule has 0 spiro atoms. The zero-order valence-electron chi connectivity index (χ0n) is 8.95. The molecule has 0 atom stereocenters. The molecule has 82 valence electrons. The Morgan fingerprint density at radius 2 is 2.00 bits per heavy atom. The van der Waals surface area contributed by atoms with E-state index in [4.69, 9.17) is 11.6 Å². The normalized spacial score (nSPS) is 10.4. The van der Waals surface area contributed by atoms with Crippen LogP contribution in [0.2, 0.25) is 4.34 Å². The third kappa shape index (κ3) is 1.88. The van der Waals surface area contributed by atoms with Crippen LogP contribution in [0.1, 0.15) is 22.8 Å². The van der Waals surface area contributed by atoms with Crippen molar-refractivity contribution in [3.8, 4) is 10.4 Å². The van der Waals surface area contributed by atoms with Crippen LogP contribution >= 0.6 is 22.9 Å². The maximum atomic E-state index is 11.6. The Hall–Kier alpha value is -1.19. The fourth-order valence-corrected chi connectivity index (χ4v) is 3.03. The number of carbonyl (C=O) groups is 1. The van der Waals surface area contributed by atoms with Gasteiger partial charge < -0.3 is 0 Å². The van der Waals surface area contributed by atoms with Gasteiger partial charge in [-0.15, -0.1) is 11.3 Å². The molecule has 0 amide bonds. The van der Waals surface area contributed by atoms with E-state index >= 15 is 0 Å². The number of hydrogen-bond acceptors (Lipinski definition) is 3. The first-order chi connectivity index (χ1) is 7.61. The molecule has 16 heavy (non-hydrogen) atoms. The summed E-state index contributed by atoms with van der Waals surface area (Å²) in [5.41, 5.74) is 2.58. The number of ketones is 1. The van der Waals surface area contributed by atoms with Gasteiger partial charge >= 0.3 is 0 Å². The molecule has 0 radical (unpaired) electrons. The lowest BCUT2D eigenvalue weighted by molar-refractivity contribution is 0.101. The van der Waals surface area contributed by atoms with Gasteiger partial charge in [0.25, 0.3) is 0 Å². The molecule has 0 aliphatic carbocycles. The van der Waals surface area contributed by atoms with Crippen LogP contribution in [0.25, 0.3) is 10.4 Å². The third-order valence-electron chi connectivity index (χ3n) is 2.38. The molecule has 2 heterocycles. The van der Waals surface area contributed by atoms with E-state index in [9.17, 15) is 4.79 Å². The van der Waals surface area contributed by atoms with Gasteiger partial charge in [0.2, 0.25) is 0 Å². The smallest absolute Gasteiger partial charge is 0.161 e. The zero-order chi connectivity index (χ0) is 11.7. The molecule has 0 unspecified atom stereocenters. The number of nitrogens with zero attached hydrogens (tertiary/aromatic N) is 1. The lowest BCUT2D eigenvalue weighted by Crippen LogP contribution is -1.94. The maximum Gasteiger partial charge on any atom is 0.161 e. The maximum absolute atomic E-state index is 11.6. The summed E-state index contributed by atoms with van der Waals surface area (Å²) in [5.74, 6) is 0.0486. The van der Waals surface area contributed by atoms with E-state index in [1.165, 1.54) is 11.3 Å². The number of carbonyl (C=O) groups excluding carboxylic acids is 1. The summed E-state index contributed by atoms with van der Waals surface area (Å²) in [6.45, 7) is 3.44. The fraction of sp³-hybridized carbons (Fsp3) is 0.167. The van der Waals surface area contributed by atoms with E-state index < -0.39 is 0 Å². The van der Waals surface area contributed by atoms with Crippen LogP contribution in [-0.4, -0.2) is 10.8 Å². The Morgan fingerprint density at radius 3 is 2.56 bits per heavy atom. The SMILES string of the molecule is CC(=O)c1c(-c2ccncc2)sc(Cl)c1C. The van der Waals surface area contributed by atoms with Crippen molar-refractivity contribution in [2.75, 3.05) is 0 Å². The minimum absolute atomic E-state index is 0.0486. The highest BCUT2D eigenvalue weighted by Gasteiger charge is 2.18. The number of aromatic nitrogens is 1. The predicted octanol–water partition coefficient (Wildman–Crippen LogP) is 3.97. The molecule has 0 aliphatic heterocycles. The van der Waals surface area contributed by atoms with Gasteiger partial charge in [-0.3, -0.25) is 9.78 Å². The predicted molar refractivity (Wildman–Crippen MR) is 67.3 cm³/mol. The second-order valence-electron chi connectivity index (χ2n) is 3.50. The number of rotatable bonds is 2. The monoisotopic (exact) mass is 251 g/mol. The summed E-state index contributed by atoms with van der Waals surface area (Å²) in [5, 5.41) is 0. The van der Waals surface area contributed by atoms with Crippen LogP contribution in [0.5, 0.6) is 0 Å². The summed E-state index contributed by atoms with van der Waals surface area (Å²) in [7, 11) is 0.